The normalized spacial score (nSPS) is 13.0. The highest BCUT2D eigenvalue weighted by molar-refractivity contribution is 7.99. The standard InChI is InChI=1S/C19H20N2O4S/c1-12(2)5-7-26-19-20-15-9-17-16(24-11-25-17)8-14(15)18(22)21(19)10-13-4-3-6-23-13/h3-4,6,8-9,12H,5,7,10-11H2,1-2H3. The van der Waals surface area contributed by atoms with Crippen LogP contribution in [0, 0.1) is 5.92 Å². The highest BCUT2D eigenvalue weighted by atomic mass is 32.2. The molecule has 0 spiro atoms. The molecule has 1 aromatic carbocycles. The molecule has 0 saturated heterocycles. The third-order valence-electron chi connectivity index (χ3n) is 4.23. The molecule has 1 aliphatic heterocycles. The molecular formula is C19H20N2O4S. The second kappa shape index (κ2) is 7.07. The van der Waals surface area contributed by atoms with Crippen LogP contribution < -0.4 is 15.0 Å². The van der Waals surface area contributed by atoms with Gasteiger partial charge in [-0.3, -0.25) is 9.36 Å². The van der Waals surface area contributed by atoms with Crippen molar-refractivity contribution in [3.05, 3.63) is 46.6 Å². The molecule has 4 rings (SSSR count). The molecule has 0 atom stereocenters. The van der Waals surface area contributed by atoms with Crippen molar-refractivity contribution in [1.29, 1.82) is 0 Å². The highest BCUT2D eigenvalue weighted by Crippen LogP contribution is 2.35. The average Bonchev–Trinajstić information content (AvgIpc) is 3.27. The first kappa shape index (κ1) is 17.0. The molecule has 2 aromatic heterocycles. The Labute approximate surface area is 155 Å². The average molecular weight is 372 g/mol. The number of benzene rings is 1. The van der Waals surface area contributed by atoms with E-state index < -0.39 is 0 Å². The Kier molecular flexibility index (Phi) is 4.63. The SMILES string of the molecule is CC(C)CCSc1nc2cc3c(cc2c(=O)n1Cc1ccco1)OCO3. The predicted octanol–water partition coefficient (Wildman–Crippen LogP) is 3.90. The number of aromatic nitrogens is 2. The van der Waals surface area contributed by atoms with Crippen molar-refractivity contribution in [2.24, 2.45) is 5.92 Å². The third-order valence-corrected chi connectivity index (χ3v) is 5.24. The Morgan fingerprint density at radius 2 is 2.08 bits per heavy atom. The molecule has 3 heterocycles. The van der Waals surface area contributed by atoms with Gasteiger partial charge in [-0.15, -0.1) is 0 Å². The number of fused-ring (bicyclic) bond motifs is 2. The van der Waals surface area contributed by atoms with Crippen molar-refractivity contribution in [3.63, 3.8) is 0 Å². The quantitative estimate of drug-likeness (QED) is 0.483. The van der Waals surface area contributed by atoms with Gasteiger partial charge in [0, 0.05) is 11.8 Å². The zero-order valence-corrected chi connectivity index (χ0v) is 15.5. The number of ether oxygens (including phenoxy) is 2. The smallest absolute Gasteiger partial charge is 0.262 e. The molecule has 7 heteroatoms. The minimum absolute atomic E-state index is 0.100. The summed E-state index contributed by atoms with van der Waals surface area (Å²) in [6, 6.07) is 7.17. The van der Waals surface area contributed by atoms with Gasteiger partial charge in [0.2, 0.25) is 6.79 Å². The Balaban J connectivity index is 1.79. The maximum Gasteiger partial charge on any atom is 0.262 e. The lowest BCUT2D eigenvalue weighted by molar-refractivity contribution is 0.174. The number of hydrogen-bond acceptors (Lipinski definition) is 6. The van der Waals surface area contributed by atoms with E-state index in [2.05, 4.69) is 13.8 Å². The molecule has 0 saturated carbocycles. The largest absolute Gasteiger partial charge is 0.467 e. The van der Waals surface area contributed by atoms with Crippen molar-refractivity contribution >= 4 is 22.7 Å². The first-order valence-electron chi connectivity index (χ1n) is 8.61. The summed E-state index contributed by atoms with van der Waals surface area (Å²) >= 11 is 1.60. The van der Waals surface area contributed by atoms with Crippen LogP contribution in [0.15, 0.2) is 44.9 Å². The fourth-order valence-corrected chi connectivity index (χ4v) is 4.02. The van der Waals surface area contributed by atoms with Crippen LogP contribution in [0.2, 0.25) is 0 Å². The second-order valence-electron chi connectivity index (χ2n) is 6.62. The topological polar surface area (TPSA) is 66.5 Å². The fraction of sp³-hybridized carbons (Fsp3) is 0.368. The van der Waals surface area contributed by atoms with Gasteiger partial charge < -0.3 is 13.9 Å². The van der Waals surface area contributed by atoms with Gasteiger partial charge in [-0.05, 0) is 30.5 Å². The van der Waals surface area contributed by atoms with Crippen LogP contribution in [-0.4, -0.2) is 22.1 Å². The van der Waals surface area contributed by atoms with Crippen LogP contribution in [0.25, 0.3) is 10.9 Å². The number of nitrogens with zero attached hydrogens (tertiary/aromatic N) is 2. The van der Waals surface area contributed by atoms with E-state index in [-0.39, 0.29) is 12.4 Å². The number of hydrogen-bond donors (Lipinski definition) is 0. The van der Waals surface area contributed by atoms with E-state index >= 15 is 0 Å². The monoisotopic (exact) mass is 372 g/mol. The molecule has 0 unspecified atom stereocenters. The van der Waals surface area contributed by atoms with Crippen molar-refractivity contribution in [1.82, 2.24) is 9.55 Å². The summed E-state index contributed by atoms with van der Waals surface area (Å²) in [5.74, 6) is 3.44. The van der Waals surface area contributed by atoms with Gasteiger partial charge in [0.25, 0.3) is 5.56 Å². The molecule has 6 nitrogen and oxygen atoms in total. The summed E-state index contributed by atoms with van der Waals surface area (Å²) in [5.41, 5.74) is 0.527. The maximum absolute atomic E-state index is 13.1. The van der Waals surface area contributed by atoms with E-state index in [4.69, 9.17) is 18.9 Å². The van der Waals surface area contributed by atoms with Crippen LogP contribution in [0.1, 0.15) is 26.0 Å². The van der Waals surface area contributed by atoms with Gasteiger partial charge in [0.15, 0.2) is 16.7 Å². The van der Waals surface area contributed by atoms with E-state index in [1.807, 2.05) is 12.1 Å². The van der Waals surface area contributed by atoms with Crippen LogP contribution in [0.5, 0.6) is 11.5 Å². The first-order valence-corrected chi connectivity index (χ1v) is 9.60. The summed E-state index contributed by atoms with van der Waals surface area (Å²) in [7, 11) is 0. The zero-order valence-electron chi connectivity index (χ0n) is 14.7. The summed E-state index contributed by atoms with van der Waals surface area (Å²) < 4.78 is 17.9. The van der Waals surface area contributed by atoms with Crippen LogP contribution in [0.4, 0.5) is 0 Å². The van der Waals surface area contributed by atoms with E-state index in [0.717, 1.165) is 17.9 Å². The lowest BCUT2D eigenvalue weighted by Gasteiger charge is -2.13. The van der Waals surface area contributed by atoms with Crippen LogP contribution in [-0.2, 0) is 6.54 Å². The van der Waals surface area contributed by atoms with E-state index in [1.54, 1.807) is 34.7 Å². The zero-order chi connectivity index (χ0) is 18.1. The van der Waals surface area contributed by atoms with E-state index in [1.165, 1.54) is 0 Å². The third kappa shape index (κ3) is 3.31. The molecule has 0 radical (unpaired) electrons. The molecule has 0 aliphatic carbocycles. The van der Waals surface area contributed by atoms with Gasteiger partial charge in [-0.25, -0.2) is 4.98 Å². The van der Waals surface area contributed by atoms with Gasteiger partial charge in [-0.2, -0.15) is 0 Å². The molecule has 26 heavy (non-hydrogen) atoms. The molecule has 136 valence electrons. The fourth-order valence-electron chi connectivity index (χ4n) is 2.78. The van der Waals surface area contributed by atoms with Gasteiger partial charge in [0.1, 0.15) is 5.76 Å². The summed E-state index contributed by atoms with van der Waals surface area (Å²) in [6.07, 6.45) is 2.67. The minimum Gasteiger partial charge on any atom is -0.467 e. The van der Waals surface area contributed by atoms with Gasteiger partial charge in [-0.1, -0.05) is 25.6 Å². The molecule has 0 amide bonds. The van der Waals surface area contributed by atoms with Crippen LogP contribution >= 0.6 is 11.8 Å². The number of thioether (sulfide) groups is 1. The molecule has 0 bridgehead atoms. The Hall–Kier alpha value is -2.41. The lowest BCUT2D eigenvalue weighted by Crippen LogP contribution is -2.24. The minimum atomic E-state index is -0.100. The Morgan fingerprint density at radius 3 is 2.81 bits per heavy atom. The summed E-state index contributed by atoms with van der Waals surface area (Å²) in [6.45, 7) is 4.89. The van der Waals surface area contributed by atoms with Gasteiger partial charge >= 0.3 is 0 Å². The number of furan rings is 1. The Bertz CT molecular complexity index is 979. The lowest BCUT2D eigenvalue weighted by atomic mass is 10.2. The van der Waals surface area contributed by atoms with Crippen molar-refractivity contribution < 1.29 is 13.9 Å². The highest BCUT2D eigenvalue weighted by Gasteiger charge is 2.19. The summed E-state index contributed by atoms with van der Waals surface area (Å²) in [4.78, 5) is 17.9. The van der Waals surface area contributed by atoms with Crippen molar-refractivity contribution in [2.45, 2.75) is 32.0 Å². The number of rotatable bonds is 6. The predicted molar refractivity (Wildman–Crippen MR) is 100 cm³/mol. The van der Waals surface area contributed by atoms with Crippen molar-refractivity contribution in [3.8, 4) is 11.5 Å². The van der Waals surface area contributed by atoms with Crippen LogP contribution in [0.3, 0.4) is 0 Å². The second-order valence-corrected chi connectivity index (χ2v) is 7.68. The van der Waals surface area contributed by atoms with E-state index in [0.29, 0.717) is 40.0 Å². The van der Waals surface area contributed by atoms with E-state index in [9.17, 15) is 4.79 Å². The molecule has 1 aliphatic rings. The molecular weight excluding hydrogens is 352 g/mol. The van der Waals surface area contributed by atoms with Gasteiger partial charge in [0.05, 0.1) is 23.7 Å². The first-order chi connectivity index (χ1) is 12.6. The Morgan fingerprint density at radius 1 is 1.27 bits per heavy atom. The van der Waals surface area contributed by atoms with Crippen molar-refractivity contribution in [2.75, 3.05) is 12.5 Å². The summed E-state index contributed by atoms with van der Waals surface area (Å²) in [5, 5.41) is 1.22. The molecule has 0 N–H and O–H groups in total. The molecule has 0 fully saturated rings. The molecule has 3 aromatic rings. The maximum atomic E-state index is 13.1.